The molecular formula is C25H29F3N2O2. The van der Waals surface area contributed by atoms with E-state index in [0.29, 0.717) is 24.1 Å². The molecule has 1 heterocycles. The number of carbonyl (C=O) groups excluding carboxylic acids is 1. The number of fused-ring (bicyclic) bond motifs is 1. The molecule has 1 aliphatic carbocycles. The van der Waals surface area contributed by atoms with Crippen molar-refractivity contribution < 1.29 is 23.1 Å². The Morgan fingerprint density at radius 1 is 1.22 bits per heavy atom. The van der Waals surface area contributed by atoms with Crippen molar-refractivity contribution >= 4 is 11.6 Å². The van der Waals surface area contributed by atoms with Crippen molar-refractivity contribution in [2.24, 2.45) is 0 Å². The van der Waals surface area contributed by atoms with Gasteiger partial charge < -0.3 is 15.3 Å². The highest BCUT2D eigenvalue weighted by Crippen LogP contribution is 2.44. The minimum Gasteiger partial charge on any atom is -0.373 e. The van der Waals surface area contributed by atoms with E-state index in [1.807, 2.05) is 24.0 Å². The molecule has 7 heteroatoms. The Morgan fingerprint density at radius 3 is 2.66 bits per heavy atom. The standard InChI is InChI=1S/C25H29F3N2O2/c1-15-11-18(14-19(12-15)25(26,27)28)24(3)9-10-30(23(24)32)20-7-8-21-17(13-20)5-4-6-22(21)29-16(2)31/h7-8,11-14,22-23,32H,4-6,9-10H2,1-3H3,(H,29,31). The number of anilines is 1. The smallest absolute Gasteiger partial charge is 0.373 e. The molecule has 4 nitrogen and oxygen atoms in total. The number of carbonyl (C=O) groups is 1. The Bertz CT molecular complexity index is 1040. The van der Waals surface area contributed by atoms with Gasteiger partial charge in [0.2, 0.25) is 5.91 Å². The van der Waals surface area contributed by atoms with Crippen molar-refractivity contribution in [1.29, 1.82) is 0 Å². The van der Waals surface area contributed by atoms with E-state index in [-0.39, 0.29) is 11.9 Å². The molecule has 0 bridgehead atoms. The highest BCUT2D eigenvalue weighted by Gasteiger charge is 2.45. The van der Waals surface area contributed by atoms with E-state index in [4.69, 9.17) is 0 Å². The van der Waals surface area contributed by atoms with Crippen LogP contribution in [0.2, 0.25) is 0 Å². The van der Waals surface area contributed by atoms with E-state index in [1.165, 1.54) is 13.0 Å². The Balaban J connectivity index is 1.63. The Labute approximate surface area is 186 Å². The Kier molecular flexibility index (Phi) is 5.74. The van der Waals surface area contributed by atoms with Crippen LogP contribution in [0.3, 0.4) is 0 Å². The van der Waals surface area contributed by atoms with E-state index >= 15 is 0 Å². The number of hydrogen-bond acceptors (Lipinski definition) is 3. The summed E-state index contributed by atoms with van der Waals surface area (Å²) in [5.74, 6) is -0.0611. The first kappa shape index (κ1) is 22.6. The molecule has 0 spiro atoms. The zero-order chi connectivity index (χ0) is 23.3. The van der Waals surface area contributed by atoms with Crippen LogP contribution in [0.5, 0.6) is 0 Å². The monoisotopic (exact) mass is 446 g/mol. The average Bonchev–Trinajstić information content (AvgIpc) is 3.02. The first-order chi connectivity index (χ1) is 15.0. The lowest BCUT2D eigenvalue weighted by atomic mass is 9.79. The van der Waals surface area contributed by atoms with Crippen molar-refractivity contribution in [3.8, 4) is 0 Å². The molecule has 2 aliphatic rings. The predicted molar refractivity (Wildman–Crippen MR) is 117 cm³/mol. The summed E-state index contributed by atoms with van der Waals surface area (Å²) >= 11 is 0. The van der Waals surface area contributed by atoms with Crippen molar-refractivity contribution in [3.05, 3.63) is 64.2 Å². The van der Waals surface area contributed by atoms with Gasteiger partial charge in [-0.3, -0.25) is 4.79 Å². The van der Waals surface area contributed by atoms with Crippen molar-refractivity contribution in [1.82, 2.24) is 5.32 Å². The zero-order valence-electron chi connectivity index (χ0n) is 18.6. The fourth-order valence-electron chi connectivity index (χ4n) is 5.16. The number of rotatable bonds is 3. The number of benzene rings is 2. The molecule has 172 valence electrons. The van der Waals surface area contributed by atoms with Gasteiger partial charge in [-0.1, -0.05) is 24.6 Å². The molecule has 1 saturated heterocycles. The molecule has 2 aromatic carbocycles. The summed E-state index contributed by atoms with van der Waals surface area (Å²) < 4.78 is 40.1. The third kappa shape index (κ3) is 4.10. The van der Waals surface area contributed by atoms with Crippen molar-refractivity contribution in [2.45, 2.75) is 70.3 Å². The molecule has 3 atom stereocenters. The molecular weight excluding hydrogens is 417 g/mol. The third-order valence-corrected chi connectivity index (χ3v) is 6.95. The summed E-state index contributed by atoms with van der Waals surface area (Å²) in [6.45, 7) is 5.54. The summed E-state index contributed by atoms with van der Waals surface area (Å²) in [5.41, 5.74) is 2.62. The quantitative estimate of drug-likeness (QED) is 0.697. The van der Waals surface area contributed by atoms with E-state index in [9.17, 15) is 23.1 Å². The minimum atomic E-state index is -4.43. The van der Waals surface area contributed by atoms with Crippen LogP contribution in [-0.4, -0.2) is 23.8 Å². The first-order valence-corrected chi connectivity index (χ1v) is 11.0. The molecule has 0 aromatic heterocycles. The molecule has 2 N–H and O–H groups in total. The second kappa shape index (κ2) is 8.10. The lowest BCUT2D eigenvalue weighted by Crippen LogP contribution is -2.41. The number of amides is 1. The molecule has 0 radical (unpaired) electrons. The van der Waals surface area contributed by atoms with Gasteiger partial charge in [-0.15, -0.1) is 0 Å². The maximum absolute atomic E-state index is 13.4. The zero-order valence-corrected chi connectivity index (χ0v) is 18.6. The van der Waals surface area contributed by atoms with E-state index in [1.54, 1.807) is 13.0 Å². The van der Waals surface area contributed by atoms with Gasteiger partial charge in [-0.25, -0.2) is 0 Å². The lowest BCUT2D eigenvalue weighted by Gasteiger charge is -2.34. The van der Waals surface area contributed by atoms with Gasteiger partial charge >= 0.3 is 6.18 Å². The molecule has 1 fully saturated rings. The Hall–Kier alpha value is -2.54. The number of aliphatic hydroxyl groups is 1. The van der Waals surface area contributed by atoms with Crippen LogP contribution >= 0.6 is 0 Å². The number of aliphatic hydroxyl groups excluding tert-OH is 1. The maximum Gasteiger partial charge on any atom is 0.416 e. The number of nitrogens with zero attached hydrogens (tertiary/aromatic N) is 1. The van der Waals surface area contributed by atoms with Crippen LogP contribution in [0.4, 0.5) is 18.9 Å². The highest BCUT2D eigenvalue weighted by atomic mass is 19.4. The minimum absolute atomic E-state index is 0.00727. The first-order valence-electron chi connectivity index (χ1n) is 11.0. The van der Waals surface area contributed by atoms with Crippen LogP contribution < -0.4 is 10.2 Å². The largest absolute Gasteiger partial charge is 0.416 e. The fourth-order valence-corrected chi connectivity index (χ4v) is 5.16. The normalized spacial score (nSPS) is 25.5. The summed E-state index contributed by atoms with van der Waals surface area (Å²) in [6.07, 6.45) is -2.08. The number of hydrogen-bond donors (Lipinski definition) is 2. The summed E-state index contributed by atoms with van der Waals surface area (Å²) in [6, 6.07) is 10.0. The topological polar surface area (TPSA) is 52.6 Å². The number of nitrogens with one attached hydrogen (secondary N) is 1. The van der Waals surface area contributed by atoms with E-state index < -0.39 is 23.4 Å². The summed E-state index contributed by atoms with van der Waals surface area (Å²) in [4.78, 5) is 13.4. The molecule has 32 heavy (non-hydrogen) atoms. The molecule has 1 aliphatic heterocycles. The number of alkyl halides is 3. The molecule has 1 amide bonds. The lowest BCUT2D eigenvalue weighted by molar-refractivity contribution is -0.137. The summed E-state index contributed by atoms with van der Waals surface area (Å²) in [5, 5.41) is 14.3. The van der Waals surface area contributed by atoms with Gasteiger partial charge in [0, 0.05) is 24.6 Å². The van der Waals surface area contributed by atoms with Gasteiger partial charge in [-0.05, 0) is 73.6 Å². The summed E-state index contributed by atoms with van der Waals surface area (Å²) in [7, 11) is 0. The van der Waals surface area contributed by atoms with Crippen molar-refractivity contribution in [3.63, 3.8) is 0 Å². The highest BCUT2D eigenvalue weighted by molar-refractivity contribution is 5.73. The molecule has 2 aromatic rings. The second-order valence-corrected chi connectivity index (χ2v) is 9.35. The molecule has 4 rings (SSSR count). The molecule has 3 unspecified atom stereocenters. The average molecular weight is 447 g/mol. The van der Waals surface area contributed by atoms with Gasteiger partial charge in [-0.2, -0.15) is 13.2 Å². The SMILES string of the molecule is CC(=O)NC1CCCc2cc(N3CCC(C)(c4cc(C)cc(C(F)(F)F)c4)C3O)ccc21. The van der Waals surface area contributed by atoms with Crippen molar-refractivity contribution in [2.75, 3.05) is 11.4 Å². The van der Waals surface area contributed by atoms with Gasteiger partial charge in [0.05, 0.1) is 11.6 Å². The van der Waals surface area contributed by atoms with Gasteiger partial charge in [0.25, 0.3) is 0 Å². The number of halogens is 3. The van der Waals surface area contributed by atoms with Crippen LogP contribution in [0.15, 0.2) is 36.4 Å². The molecule has 0 saturated carbocycles. The van der Waals surface area contributed by atoms with Crippen LogP contribution in [0, 0.1) is 6.92 Å². The third-order valence-electron chi connectivity index (χ3n) is 6.95. The number of aryl methyl sites for hydroxylation is 2. The fraction of sp³-hybridized carbons (Fsp3) is 0.480. The second-order valence-electron chi connectivity index (χ2n) is 9.35. The van der Waals surface area contributed by atoms with Crippen LogP contribution in [-0.2, 0) is 22.8 Å². The van der Waals surface area contributed by atoms with Gasteiger partial charge in [0.1, 0.15) is 6.23 Å². The van der Waals surface area contributed by atoms with Gasteiger partial charge in [0.15, 0.2) is 0 Å². The Morgan fingerprint density at radius 2 is 1.97 bits per heavy atom. The predicted octanol–water partition coefficient (Wildman–Crippen LogP) is 5.01. The van der Waals surface area contributed by atoms with Crippen LogP contribution in [0.25, 0.3) is 0 Å². The van der Waals surface area contributed by atoms with Crippen LogP contribution in [0.1, 0.15) is 67.0 Å². The van der Waals surface area contributed by atoms with E-state index in [2.05, 4.69) is 11.4 Å². The maximum atomic E-state index is 13.4. The van der Waals surface area contributed by atoms with E-state index in [0.717, 1.165) is 42.1 Å².